The van der Waals surface area contributed by atoms with Gasteiger partial charge in [0.2, 0.25) is 0 Å². The second-order valence-corrected chi connectivity index (χ2v) is 24.8. The summed E-state index contributed by atoms with van der Waals surface area (Å²) in [4.78, 5) is 8.53. The molecule has 0 atom stereocenters. The Morgan fingerprint density at radius 3 is 1.11 bits per heavy atom. The summed E-state index contributed by atoms with van der Waals surface area (Å²) in [5, 5.41) is 21.3. The van der Waals surface area contributed by atoms with E-state index in [1.165, 1.54) is 32.7 Å². The van der Waals surface area contributed by atoms with Gasteiger partial charge in [0.25, 0.3) is 0 Å². The molecule has 0 aliphatic heterocycles. The third kappa shape index (κ3) is 7.57. The van der Waals surface area contributed by atoms with E-state index in [1.807, 2.05) is 24.3 Å². The highest BCUT2D eigenvalue weighted by molar-refractivity contribution is 6.30. The Hall–Kier alpha value is -8.58. The summed E-state index contributed by atoms with van der Waals surface area (Å²) in [6.07, 6.45) is 0. The highest BCUT2D eigenvalue weighted by Gasteiger charge is 2.32. The maximum atomic E-state index is 10.1. The van der Waals surface area contributed by atoms with Gasteiger partial charge in [-0.1, -0.05) is 180 Å². The van der Waals surface area contributed by atoms with Crippen molar-refractivity contribution in [2.24, 2.45) is 0 Å². The largest absolute Gasteiger partial charge is 0.454 e. The van der Waals surface area contributed by atoms with Gasteiger partial charge >= 0.3 is 0 Å². The van der Waals surface area contributed by atoms with E-state index in [9.17, 15) is 5.26 Å². The van der Waals surface area contributed by atoms with E-state index in [2.05, 4.69) is 237 Å². The number of furan rings is 2. The summed E-state index contributed by atoms with van der Waals surface area (Å²) in [6.45, 7) is 35.2. The first-order valence-corrected chi connectivity index (χ1v) is 26.4. The SMILES string of the molecule is [C-]#[N+]c1ccc(N(c2cc(C(C)(C)C)c3ccc4c(N(c5ccc(C#N)cc5)c5cccc6c5oc5c(C(C)(C)C)cccc56)cc(C(C)(C)C)c5ccc2c3c45)c2cccc3c2oc2c(C(C)(C)C)cccc23)cc1. The molecular formula is C70H62N4O2. The van der Waals surface area contributed by atoms with Gasteiger partial charge in [-0.2, -0.15) is 5.26 Å². The minimum atomic E-state index is -0.282. The average molecular weight is 991 g/mol. The molecule has 374 valence electrons. The van der Waals surface area contributed by atoms with Gasteiger partial charge in [-0.25, -0.2) is 4.85 Å². The van der Waals surface area contributed by atoms with E-state index in [0.717, 1.165) is 99.9 Å². The van der Waals surface area contributed by atoms with Crippen LogP contribution in [0.25, 0.3) is 81.0 Å². The molecule has 10 aromatic carbocycles. The Morgan fingerprint density at radius 1 is 0.382 bits per heavy atom. The predicted molar refractivity (Wildman–Crippen MR) is 320 cm³/mol. The van der Waals surface area contributed by atoms with Crippen molar-refractivity contribution in [2.75, 3.05) is 9.80 Å². The molecule has 0 bridgehead atoms. The number of anilines is 6. The van der Waals surface area contributed by atoms with Crippen LogP contribution in [0.3, 0.4) is 0 Å². The summed E-state index contributed by atoms with van der Waals surface area (Å²) in [7, 11) is 0. The molecule has 0 radical (unpaired) electrons. The maximum Gasteiger partial charge on any atom is 0.187 e. The molecule has 0 spiro atoms. The highest BCUT2D eigenvalue weighted by Crippen LogP contribution is 2.54. The Labute approximate surface area is 445 Å². The van der Waals surface area contributed by atoms with Crippen LogP contribution in [0.2, 0.25) is 0 Å². The Kier molecular flexibility index (Phi) is 10.8. The predicted octanol–water partition coefficient (Wildman–Crippen LogP) is 20.9. The first kappa shape index (κ1) is 48.4. The molecule has 12 aromatic rings. The molecule has 0 saturated carbocycles. The van der Waals surface area contributed by atoms with Crippen molar-refractivity contribution in [3.63, 3.8) is 0 Å². The van der Waals surface area contributed by atoms with Crippen molar-refractivity contribution in [3.8, 4) is 6.07 Å². The Bertz CT molecular complexity index is 4110. The molecule has 0 saturated heterocycles. The van der Waals surface area contributed by atoms with Crippen LogP contribution in [0.4, 0.5) is 39.8 Å². The van der Waals surface area contributed by atoms with Crippen molar-refractivity contribution >= 4 is 116 Å². The van der Waals surface area contributed by atoms with Crippen LogP contribution in [0.5, 0.6) is 0 Å². The third-order valence-electron chi connectivity index (χ3n) is 15.5. The van der Waals surface area contributed by atoms with Gasteiger partial charge < -0.3 is 18.6 Å². The summed E-state index contributed by atoms with van der Waals surface area (Å²) >= 11 is 0. The molecule has 0 N–H and O–H groups in total. The lowest BCUT2D eigenvalue weighted by atomic mass is 9.77. The van der Waals surface area contributed by atoms with E-state index in [1.54, 1.807) is 0 Å². The molecule has 0 unspecified atom stereocenters. The van der Waals surface area contributed by atoms with Gasteiger partial charge in [0, 0.05) is 54.8 Å². The minimum Gasteiger partial charge on any atom is -0.454 e. The van der Waals surface area contributed by atoms with Crippen LogP contribution >= 0.6 is 0 Å². The molecule has 0 amide bonds. The fraction of sp³-hybridized carbons (Fsp3) is 0.229. The number of nitriles is 1. The van der Waals surface area contributed by atoms with E-state index >= 15 is 0 Å². The van der Waals surface area contributed by atoms with Crippen LogP contribution in [-0.4, -0.2) is 0 Å². The number of para-hydroxylation sites is 4. The Morgan fingerprint density at radius 2 is 0.737 bits per heavy atom. The molecule has 6 heteroatoms. The van der Waals surface area contributed by atoms with Crippen LogP contribution in [0.1, 0.15) is 111 Å². The minimum absolute atomic E-state index is 0.148. The van der Waals surface area contributed by atoms with Crippen molar-refractivity contribution in [2.45, 2.75) is 105 Å². The quantitative estimate of drug-likeness (QED) is 0.123. The number of rotatable bonds is 6. The first-order chi connectivity index (χ1) is 36.1. The smallest absolute Gasteiger partial charge is 0.187 e. The Balaban J connectivity index is 1.22. The zero-order valence-corrected chi connectivity index (χ0v) is 45.6. The van der Waals surface area contributed by atoms with Crippen LogP contribution in [0, 0.1) is 17.9 Å². The standard InChI is InChI=1S/C70H62N4O2/c1-67(2,3)53-22-14-18-45-47-20-16-24-57(65(47)75-63(45)53)73(43-30-26-41(40-71)27-31-43)59-38-55(69(7,8)9)49-35-37-52-60(39-56(70(10,11)12)50-34-36-51(59)61(49)62(50)52)74(44-32-28-42(72-13)29-33-44)58-25-17-21-48-46-19-15-23-54(68(4,5)6)64(46)76-66(48)58/h14-39H,1-12H3. The second-order valence-electron chi connectivity index (χ2n) is 24.8. The lowest BCUT2D eigenvalue weighted by Gasteiger charge is -2.33. The van der Waals surface area contributed by atoms with Gasteiger partial charge in [-0.05, 0) is 115 Å². The summed E-state index contributed by atoms with van der Waals surface area (Å²) in [5.41, 5.74) is 14.1. The monoisotopic (exact) mass is 990 g/mol. The molecule has 0 fully saturated rings. The zero-order chi connectivity index (χ0) is 53.4. The fourth-order valence-corrected chi connectivity index (χ4v) is 11.9. The number of nitrogens with zero attached hydrogens (tertiary/aromatic N) is 4. The molecule has 2 heterocycles. The summed E-state index contributed by atoms with van der Waals surface area (Å²) < 4.78 is 14.4. The molecular weight excluding hydrogens is 929 g/mol. The van der Waals surface area contributed by atoms with Gasteiger partial charge in [0.05, 0.1) is 41.0 Å². The van der Waals surface area contributed by atoms with Crippen LogP contribution < -0.4 is 9.80 Å². The van der Waals surface area contributed by atoms with E-state index in [0.29, 0.717) is 11.3 Å². The zero-order valence-electron chi connectivity index (χ0n) is 45.6. The third-order valence-corrected chi connectivity index (χ3v) is 15.5. The number of hydrogen-bond donors (Lipinski definition) is 0. The van der Waals surface area contributed by atoms with Crippen molar-refractivity contribution < 1.29 is 8.83 Å². The summed E-state index contributed by atoms with van der Waals surface area (Å²) in [6, 6.07) is 58.4. The first-order valence-electron chi connectivity index (χ1n) is 26.4. The van der Waals surface area contributed by atoms with E-state index in [-0.39, 0.29) is 21.7 Å². The van der Waals surface area contributed by atoms with Crippen LogP contribution in [0.15, 0.2) is 167 Å². The van der Waals surface area contributed by atoms with Gasteiger partial charge in [0.15, 0.2) is 16.9 Å². The van der Waals surface area contributed by atoms with Crippen LogP contribution in [-0.2, 0) is 21.7 Å². The van der Waals surface area contributed by atoms with Crippen molar-refractivity contribution in [3.05, 3.63) is 197 Å². The van der Waals surface area contributed by atoms with Gasteiger partial charge in [-0.15, -0.1) is 0 Å². The lowest BCUT2D eigenvalue weighted by Crippen LogP contribution is -2.18. The fourth-order valence-electron chi connectivity index (χ4n) is 11.9. The molecule has 2 aromatic heterocycles. The lowest BCUT2D eigenvalue weighted by molar-refractivity contribution is 0.572. The van der Waals surface area contributed by atoms with E-state index in [4.69, 9.17) is 15.4 Å². The topological polar surface area (TPSA) is 60.9 Å². The number of hydrogen-bond acceptors (Lipinski definition) is 5. The van der Waals surface area contributed by atoms with E-state index < -0.39 is 0 Å². The molecule has 6 nitrogen and oxygen atoms in total. The average Bonchev–Trinajstić information content (AvgIpc) is 4.09. The van der Waals surface area contributed by atoms with Crippen molar-refractivity contribution in [1.29, 1.82) is 5.26 Å². The number of fused-ring (bicyclic) bond motifs is 6. The molecule has 76 heavy (non-hydrogen) atoms. The normalized spacial score (nSPS) is 12.7. The molecule has 0 aliphatic rings. The highest BCUT2D eigenvalue weighted by atomic mass is 16.3. The van der Waals surface area contributed by atoms with Crippen molar-refractivity contribution in [1.82, 2.24) is 0 Å². The molecule has 12 rings (SSSR count). The molecule has 0 aliphatic carbocycles. The summed E-state index contributed by atoms with van der Waals surface area (Å²) in [5.74, 6) is 0. The second kappa shape index (κ2) is 17.0. The van der Waals surface area contributed by atoms with Gasteiger partial charge in [-0.3, -0.25) is 0 Å². The van der Waals surface area contributed by atoms with Gasteiger partial charge in [0.1, 0.15) is 11.2 Å². The maximum absolute atomic E-state index is 10.1. The number of benzene rings is 10.